The molecule has 0 aromatic rings. The van der Waals surface area contributed by atoms with E-state index in [-0.39, 0.29) is 18.9 Å². The van der Waals surface area contributed by atoms with E-state index < -0.39 is 53.9 Å². The second kappa shape index (κ2) is 9.89. The molecular weight excluding hydrogens is 472 g/mol. The second-order valence-electron chi connectivity index (χ2n) is 5.84. The van der Waals surface area contributed by atoms with Crippen LogP contribution in [0.15, 0.2) is 24.5 Å². The lowest BCUT2D eigenvalue weighted by Crippen LogP contribution is -2.46. The van der Waals surface area contributed by atoms with Gasteiger partial charge in [-0.25, -0.2) is 21.6 Å². The van der Waals surface area contributed by atoms with Gasteiger partial charge in [-0.3, -0.25) is 0 Å². The number of alkyl carbamates (subject to hydrolysis) is 1. The van der Waals surface area contributed by atoms with Crippen molar-refractivity contribution in [3.63, 3.8) is 0 Å². The molecule has 8 nitrogen and oxygen atoms in total. The molecule has 0 aliphatic rings. The molecule has 1 amide bonds. The Kier molecular flexibility index (Phi) is 9.24. The van der Waals surface area contributed by atoms with E-state index in [1.54, 1.807) is 6.92 Å². The van der Waals surface area contributed by atoms with E-state index in [0.29, 0.717) is 5.57 Å². The van der Waals surface area contributed by atoms with Crippen LogP contribution in [0.5, 0.6) is 0 Å². The number of nitrogens with one attached hydrogen (secondary N) is 1. The molecule has 0 spiro atoms. The van der Waals surface area contributed by atoms with Crippen LogP contribution in [0.1, 0.15) is 20.3 Å². The van der Waals surface area contributed by atoms with Crippen LogP contribution in [-0.4, -0.2) is 57.8 Å². The van der Waals surface area contributed by atoms with Gasteiger partial charge in [0.1, 0.15) is 18.5 Å². The smallest absolute Gasteiger partial charge is 0.492 e. The zero-order valence-electron chi connectivity index (χ0n) is 15.6. The Bertz CT molecular complexity index is 818. The first-order chi connectivity index (χ1) is 13.2. The van der Waals surface area contributed by atoms with Crippen LogP contribution in [0.25, 0.3) is 0 Å². The third kappa shape index (κ3) is 7.37. The highest BCUT2D eigenvalue weighted by molar-refractivity contribution is 8.09. The van der Waals surface area contributed by atoms with Crippen molar-refractivity contribution in [2.75, 3.05) is 13.2 Å². The second-order valence-corrected chi connectivity index (χ2v) is 10.4. The van der Waals surface area contributed by atoms with Crippen molar-refractivity contribution in [1.82, 2.24) is 5.32 Å². The lowest BCUT2D eigenvalue weighted by atomic mass is 10.3. The molecule has 0 rings (SSSR count). The summed E-state index contributed by atoms with van der Waals surface area (Å²) < 4.78 is 127. The fourth-order valence-electron chi connectivity index (χ4n) is 1.71. The largest absolute Gasteiger partial charge is 0.498 e. The molecule has 0 aliphatic carbocycles. The highest BCUT2D eigenvalue weighted by Crippen LogP contribution is 2.38. The molecule has 1 N–H and O–H groups in total. The molecule has 0 saturated carbocycles. The molecular formula is C14H19F6NO7S2. The number of halogens is 6. The Balaban J connectivity index is 5.25. The van der Waals surface area contributed by atoms with Crippen LogP contribution >= 0.6 is 0 Å². The molecule has 1 unspecified atom stereocenters. The monoisotopic (exact) mass is 491 g/mol. The number of rotatable bonds is 10. The summed E-state index contributed by atoms with van der Waals surface area (Å²) in [4.78, 5) is 11.5. The minimum absolute atomic E-state index is 0.150. The average molecular weight is 491 g/mol. The summed E-state index contributed by atoms with van der Waals surface area (Å²) in [6, 6.07) is 0. The average Bonchev–Trinajstić information content (AvgIpc) is 2.53. The SMILES string of the molecule is C=C(C)C(=C)OCCNC(=O)OC(C)CC(S(=O)(=O)C(F)(F)F)S(=O)(=O)C(F)(F)F. The zero-order valence-corrected chi connectivity index (χ0v) is 17.3. The highest BCUT2D eigenvalue weighted by atomic mass is 32.3. The van der Waals surface area contributed by atoms with E-state index in [9.17, 15) is 48.0 Å². The van der Waals surface area contributed by atoms with Gasteiger partial charge in [0.25, 0.3) is 19.7 Å². The Labute approximate surface area is 168 Å². The predicted octanol–water partition coefficient (Wildman–Crippen LogP) is 2.79. The van der Waals surface area contributed by atoms with Crippen molar-refractivity contribution in [2.24, 2.45) is 0 Å². The summed E-state index contributed by atoms with van der Waals surface area (Å²) in [6.07, 6.45) is -5.12. The van der Waals surface area contributed by atoms with Crippen LogP contribution in [0.3, 0.4) is 0 Å². The number of hydrogen-bond acceptors (Lipinski definition) is 7. The molecule has 0 heterocycles. The molecule has 0 aromatic carbocycles. The highest BCUT2D eigenvalue weighted by Gasteiger charge is 2.63. The molecule has 0 fully saturated rings. The number of sulfone groups is 2. The van der Waals surface area contributed by atoms with Gasteiger partial charge in [0.15, 0.2) is 4.58 Å². The Morgan fingerprint density at radius 1 is 1.00 bits per heavy atom. The Morgan fingerprint density at radius 2 is 1.43 bits per heavy atom. The molecule has 1 atom stereocenters. The summed E-state index contributed by atoms with van der Waals surface area (Å²) in [7, 11) is -13.6. The fourth-order valence-corrected chi connectivity index (χ4v) is 5.35. The maximum atomic E-state index is 12.7. The molecule has 0 saturated heterocycles. The fraction of sp³-hybridized carbons (Fsp3) is 0.643. The number of ether oxygens (including phenoxy) is 2. The van der Waals surface area contributed by atoms with Crippen molar-refractivity contribution in [2.45, 2.75) is 42.0 Å². The van der Waals surface area contributed by atoms with Gasteiger partial charge in [0, 0.05) is 6.42 Å². The maximum Gasteiger partial charge on any atom is 0.498 e. The van der Waals surface area contributed by atoms with Gasteiger partial charge in [-0.1, -0.05) is 13.2 Å². The summed E-state index contributed by atoms with van der Waals surface area (Å²) in [5, 5.41) is 2.02. The van der Waals surface area contributed by atoms with Gasteiger partial charge in [-0.2, -0.15) is 26.3 Å². The first-order valence-corrected chi connectivity index (χ1v) is 10.9. The van der Waals surface area contributed by atoms with Gasteiger partial charge in [-0.15, -0.1) is 0 Å². The minimum Gasteiger partial charge on any atom is -0.492 e. The first kappa shape index (κ1) is 28.0. The van der Waals surface area contributed by atoms with Crippen molar-refractivity contribution in [3.05, 3.63) is 24.5 Å². The third-order valence-electron chi connectivity index (χ3n) is 3.29. The molecule has 0 aliphatic heterocycles. The minimum atomic E-state index is -6.81. The number of hydrogen-bond donors (Lipinski definition) is 1. The van der Waals surface area contributed by atoms with Gasteiger partial charge in [0.05, 0.1) is 6.54 Å². The standard InChI is InChI=1S/C14H19F6NO7S2/c1-8(2)10(4)27-6-5-21-12(22)28-9(3)7-11(29(23,24)13(15,16)17)30(25,26)14(18,19)20/h9,11H,1,4-7H2,2-3H3,(H,21,22). The Morgan fingerprint density at radius 3 is 1.80 bits per heavy atom. The van der Waals surface area contributed by atoms with E-state index >= 15 is 0 Å². The molecule has 30 heavy (non-hydrogen) atoms. The van der Waals surface area contributed by atoms with Gasteiger partial charge in [0.2, 0.25) is 0 Å². The normalized spacial score (nSPS) is 14.2. The molecule has 176 valence electrons. The number of carbonyl (C=O) groups is 1. The molecule has 0 radical (unpaired) electrons. The number of alkyl halides is 6. The quantitative estimate of drug-likeness (QED) is 0.216. The Hall–Kier alpha value is -1.97. The van der Waals surface area contributed by atoms with Gasteiger partial charge >= 0.3 is 17.1 Å². The topological polar surface area (TPSA) is 116 Å². The van der Waals surface area contributed by atoms with E-state index in [1.165, 1.54) is 0 Å². The summed E-state index contributed by atoms with van der Waals surface area (Å²) in [5.74, 6) is 0.191. The lowest BCUT2D eigenvalue weighted by molar-refractivity contribution is -0.0476. The van der Waals surface area contributed by atoms with Crippen LogP contribution in [0, 0.1) is 0 Å². The third-order valence-corrected chi connectivity index (χ3v) is 7.87. The van der Waals surface area contributed by atoms with Crippen molar-refractivity contribution in [1.29, 1.82) is 0 Å². The summed E-state index contributed by atoms with van der Waals surface area (Å²) in [6.45, 7) is 8.91. The van der Waals surface area contributed by atoms with E-state index in [2.05, 4.69) is 17.9 Å². The van der Waals surface area contributed by atoms with Gasteiger partial charge < -0.3 is 14.8 Å². The summed E-state index contributed by atoms with van der Waals surface area (Å²) >= 11 is 0. The van der Waals surface area contributed by atoms with E-state index in [1.807, 2.05) is 5.32 Å². The van der Waals surface area contributed by atoms with Crippen molar-refractivity contribution >= 4 is 25.8 Å². The molecule has 0 aromatic heterocycles. The van der Waals surface area contributed by atoms with Gasteiger partial charge in [-0.05, 0) is 19.4 Å². The van der Waals surface area contributed by atoms with E-state index in [0.717, 1.165) is 6.92 Å². The molecule has 0 bridgehead atoms. The van der Waals surface area contributed by atoms with Crippen LogP contribution in [0.2, 0.25) is 0 Å². The number of allylic oxidation sites excluding steroid dienone is 1. The van der Waals surface area contributed by atoms with Crippen molar-refractivity contribution < 1.29 is 57.4 Å². The lowest BCUT2D eigenvalue weighted by Gasteiger charge is -2.23. The number of carbonyl (C=O) groups excluding carboxylic acids is 1. The molecule has 16 heteroatoms. The zero-order chi connectivity index (χ0) is 24.1. The number of amides is 1. The first-order valence-electron chi connectivity index (χ1n) is 7.77. The van der Waals surface area contributed by atoms with Crippen LogP contribution in [-0.2, 0) is 29.1 Å². The van der Waals surface area contributed by atoms with E-state index in [4.69, 9.17) is 4.74 Å². The van der Waals surface area contributed by atoms with Crippen molar-refractivity contribution in [3.8, 4) is 0 Å². The van der Waals surface area contributed by atoms with Crippen LogP contribution in [0.4, 0.5) is 31.1 Å². The predicted molar refractivity (Wildman–Crippen MR) is 92.2 cm³/mol. The summed E-state index contributed by atoms with van der Waals surface area (Å²) in [5.41, 5.74) is -12.1. The van der Waals surface area contributed by atoms with Crippen LogP contribution < -0.4 is 5.32 Å². The maximum absolute atomic E-state index is 12.7.